The maximum atomic E-state index is 12.5. The number of benzene rings is 1. The van der Waals surface area contributed by atoms with Gasteiger partial charge in [-0.05, 0) is 63.4 Å². The van der Waals surface area contributed by atoms with E-state index in [0.29, 0.717) is 17.9 Å². The minimum atomic E-state index is 0.0453. The number of methoxy groups -OCH3 is 1. The summed E-state index contributed by atoms with van der Waals surface area (Å²) >= 11 is 0. The molecule has 5 nitrogen and oxygen atoms in total. The zero-order valence-electron chi connectivity index (χ0n) is 16.5. The molecule has 2 aromatic heterocycles. The minimum absolute atomic E-state index is 0.0453. The molecule has 0 spiro atoms. The topological polar surface area (TPSA) is 57.0 Å². The number of nitrogens with zero attached hydrogens (tertiary/aromatic N) is 3. The first-order valence-corrected chi connectivity index (χ1v) is 8.85. The number of carbonyl (C=O) groups is 1. The van der Waals surface area contributed by atoms with E-state index in [-0.39, 0.29) is 5.78 Å². The van der Waals surface area contributed by atoms with Crippen molar-refractivity contribution in [3.63, 3.8) is 0 Å². The second-order valence-corrected chi connectivity index (χ2v) is 6.75. The van der Waals surface area contributed by atoms with Crippen molar-refractivity contribution in [3.05, 3.63) is 46.0 Å². The predicted molar refractivity (Wildman–Crippen MR) is 104 cm³/mol. The number of aryl methyl sites for hydroxylation is 4. The zero-order valence-corrected chi connectivity index (χ0v) is 16.5. The summed E-state index contributed by atoms with van der Waals surface area (Å²) in [5, 5.41) is 0.856. The quantitative estimate of drug-likeness (QED) is 0.646. The molecule has 0 aliphatic heterocycles. The van der Waals surface area contributed by atoms with Gasteiger partial charge in [-0.1, -0.05) is 6.92 Å². The summed E-state index contributed by atoms with van der Waals surface area (Å²) < 4.78 is 7.54. The number of Topliss-reactive ketones (excluding diaryl/α,β-unsaturated/α-hetero) is 1. The first-order valence-electron chi connectivity index (χ1n) is 8.85. The molecule has 0 bridgehead atoms. The largest absolute Gasteiger partial charge is 0.497 e. The Kier molecular flexibility index (Phi) is 4.57. The third-order valence-corrected chi connectivity index (χ3v) is 4.98. The monoisotopic (exact) mass is 351 g/mol. The summed E-state index contributed by atoms with van der Waals surface area (Å²) in [4.78, 5) is 21.7. The van der Waals surface area contributed by atoms with Gasteiger partial charge in [-0.2, -0.15) is 0 Å². The van der Waals surface area contributed by atoms with E-state index in [0.717, 1.165) is 44.9 Å². The van der Waals surface area contributed by atoms with Crippen LogP contribution in [0.1, 0.15) is 52.0 Å². The Morgan fingerprint density at radius 1 is 1.08 bits per heavy atom. The van der Waals surface area contributed by atoms with Crippen LogP contribution < -0.4 is 4.74 Å². The molecule has 0 aliphatic carbocycles. The molecule has 0 radical (unpaired) electrons. The van der Waals surface area contributed by atoms with E-state index in [1.54, 1.807) is 7.11 Å². The number of aromatic nitrogens is 3. The molecule has 0 atom stereocenters. The van der Waals surface area contributed by atoms with Crippen LogP contribution in [-0.4, -0.2) is 27.4 Å². The highest BCUT2D eigenvalue weighted by atomic mass is 16.5. The highest BCUT2D eigenvalue weighted by Crippen LogP contribution is 2.34. The van der Waals surface area contributed by atoms with Gasteiger partial charge in [0.1, 0.15) is 22.9 Å². The summed E-state index contributed by atoms with van der Waals surface area (Å²) in [5.74, 6) is 1.49. The Labute approximate surface area is 154 Å². The summed E-state index contributed by atoms with van der Waals surface area (Å²) in [5.41, 5.74) is 6.71. The van der Waals surface area contributed by atoms with Crippen molar-refractivity contribution >= 4 is 16.8 Å². The normalized spacial score (nSPS) is 11.2. The van der Waals surface area contributed by atoms with Crippen LogP contribution in [-0.2, 0) is 0 Å². The molecule has 0 saturated carbocycles. The average Bonchev–Trinajstić information content (AvgIpc) is 2.84. The van der Waals surface area contributed by atoms with Gasteiger partial charge in [0, 0.05) is 12.1 Å². The van der Waals surface area contributed by atoms with Crippen molar-refractivity contribution in [2.45, 2.75) is 48.0 Å². The Balaban J connectivity index is 2.45. The molecule has 3 aromatic rings. The number of ketones is 1. The third-order valence-electron chi connectivity index (χ3n) is 4.98. The second-order valence-electron chi connectivity index (χ2n) is 6.75. The van der Waals surface area contributed by atoms with Crippen molar-refractivity contribution in [2.24, 2.45) is 0 Å². The Bertz CT molecular complexity index is 1010. The number of hydrogen-bond acceptors (Lipinski definition) is 4. The lowest BCUT2D eigenvalue weighted by molar-refractivity contribution is 0.0984. The van der Waals surface area contributed by atoms with E-state index in [1.807, 2.05) is 32.9 Å². The van der Waals surface area contributed by atoms with Gasteiger partial charge in [0.15, 0.2) is 5.78 Å². The Hall–Kier alpha value is -2.69. The van der Waals surface area contributed by atoms with Crippen LogP contribution in [0.3, 0.4) is 0 Å². The van der Waals surface area contributed by atoms with Gasteiger partial charge in [-0.25, -0.2) is 9.97 Å². The van der Waals surface area contributed by atoms with Gasteiger partial charge >= 0.3 is 0 Å². The zero-order chi connectivity index (χ0) is 19.2. The molecule has 0 unspecified atom stereocenters. The summed E-state index contributed by atoms with van der Waals surface area (Å²) in [6.45, 7) is 11.9. The standard InChI is InChI=1S/C21H25N3O2/c1-8-17(25)19-18-13(4)14(5)24(21(18)23-15(6)22-19)20-11(2)9-16(26-7)10-12(20)3/h9-10H,8H2,1-7H3. The average molecular weight is 351 g/mol. The molecule has 0 fully saturated rings. The summed E-state index contributed by atoms with van der Waals surface area (Å²) in [7, 11) is 1.67. The number of carbonyl (C=O) groups excluding carboxylic acids is 1. The van der Waals surface area contributed by atoms with E-state index in [2.05, 4.69) is 30.3 Å². The Morgan fingerprint density at radius 2 is 1.69 bits per heavy atom. The maximum Gasteiger partial charge on any atom is 0.181 e. The van der Waals surface area contributed by atoms with Crippen molar-refractivity contribution in [3.8, 4) is 11.4 Å². The summed E-state index contributed by atoms with van der Waals surface area (Å²) in [6, 6.07) is 4.05. The van der Waals surface area contributed by atoms with Crippen molar-refractivity contribution in [1.29, 1.82) is 0 Å². The van der Waals surface area contributed by atoms with Crippen LogP contribution in [0, 0.1) is 34.6 Å². The van der Waals surface area contributed by atoms with Crippen LogP contribution in [0.5, 0.6) is 5.75 Å². The van der Waals surface area contributed by atoms with Crippen LogP contribution in [0.2, 0.25) is 0 Å². The molecule has 0 amide bonds. The highest BCUT2D eigenvalue weighted by Gasteiger charge is 2.23. The molecule has 3 rings (SSSR count). The molecule has 0 saturated heterocycles. The van der Waals surface area contributed by atoms with Gasteiger partial charge in [-0.3, -0.25) is 9.36 Å². The molecular formula is C21H25N3O2. The fourth-order valence-corrected chi connectivity index (χ4v) is 3.60. The van der Waals surface area contributed by atoms with Crippen LogP contribution in [0.4, 0.5) is 0 Å². The van der Waals surface area contributed by atoms with Crippen molar-refractivity contribution in [1.82, 2.24) is 14.5 Å². The van der Waals surface area contributed by atoms with Gasteiger partial charge in [0.25, 0.3) is 0 Å². The number of ether oxygens (including phenoxy) is 1. The number of fused-ring (bicyclic) bond motifs is 1. The second kappa shape index (κ2) is 6.56. The van der Waals surface area contributed by atoms with E-state index in [4.69, 9.17) is 9.72 Å². The minimum Gasteiger partial charge on any atom is -0.497 e. The van der Waals surface area contributed by atoms with Crippen LogP contribution in [0.25, 0.3) is 16.7 Å². The van der Waals surface area contributed by atoms with Gasteiger partial charge in [0.05, 0.1) is 18.2 Å². The van der Waals surface area contributed by atoms with Gasteiger partial charge in [-0.15, -0.1) is 0 Å². The number of hydrogen-bond donors (Lipinski definition) is 0. The Morgan fingerprint density at radius 3 is 2.23 bits per heavy atom. The highest BCUT2D eigenvalue weighted by molar-refractivity contribution is 6.06. The molecule has 136 valence electrons. The fourth-order valence-electron chi connectivity index (χ4n) is 3.60. The fraction of sp³-hybridized carbons (Fsp3) is 0.381. The lowest BCUT2D eigenvalue weighted by Gasteiger charge is -2.16. The van der Waals surface area contributed by atoms with Gasteiger partial charge in [0.2, 0.25) is 0 Å². The smallest absolute Gasteiger partial charge is 0.181 e. The molecule has 5 heteroatoms. The molecule has 0 N–H and O–H groups in total. The van der Waals surface area contributed by atoms with Crippen molar-refractivity contribution in [2.75, 3.05) is 7.11 Å². The third kappa shape index (κ3) is 2.68. The van der Waals surface area contributed by atoms with E-state index < -0.39 is 0 Å². The molecule has 1 aromatic carbocycles. The maximum absolute atomic E-state index is 12.5. The lowest BCUT2D eigenvalue weighted by atomic mass is 10.1. The van der Waals surface area contributed by atoms with Crippen molar-refractivity contribution < 1.29 is 9.53 Å². The molecular weight excluding hydrogens is 326 g/mol. The number of rotatable bonds is 4. The predicted octanol–water partition coefficient (Wildman–Crippen LogP) is 4.56. The van der Waals surface area contributed by atoms with Gasteiger partial charge < -0.3 is 4.74 Å². The van der Waals surface area contributed by atoms with Crippen LogP contribution >= 0.6 is 0 Å². The summed E-state index contributed by atoms with van der Waals surface area (Å²) in [6.07, 6.45) is 0.426. The first-order chi connectivity index (χ1) is 12.3. The lowest BCUT2D eigenvalue weighted by Crippen LogP contribution is -2.07. The van der Waals surface area contributed by atoms with E-state index in [1.165, 1.54) is 0 Å². The van der Waals surface area contributed by atoms with Crippen LogP contribution in [0.15, 0.2) is 12.1 Å². The molecule has 2 heterocycles. The molecule has 0 aliphatic rings. The van der Waals surface area contributed by atoms with E-state index in [9.17, 15) is 4.79 Å². The van der Waals surface area contributed by atoms with E-state index >= 15 is 0 Å². The molecule has 26 heavy (non-hydrogen) atoms. The SMILES string of the molecule is CCC(=O)c1nc(C)nc2c1c(C)c(C)n2-c1c(C)cc(OC)cc1C. The first kappa shape index (κ1) is 18.1.